The fourth-order valence-corrected chi connectivity index (χ4v) is 6.21. The van der Waals surface area contributed by atoms with E-state index in [0.29, 0.717) is 23.4 Å². The SMILES string of the molecule is Cn1ccnc1-n1[c-]c(Oc2[c-]n(-c3nccn3C)c3ccccc3n(C)c3ccccc23)c2ccccc2n(C)c2ccccc21.[Pt+2]. The summed E-state index contributed by atoms with van der Waals surface area (Å²) >= 11 is 0. The van der Waals surface area contributed by atoms with Crippen LogP contribution in [0.3, 0.4) is 0 Å². The molecule has 0 aliphatic carbocycles. The maximum atomic E-state index is 7.12. The van der Waals surface area contributed by atoms with E-state index in [0.717, 1.165) is 43.9 Å². The molecule has 4 heterocycles. The molecule has 0 radical (unpaired) electrons. The third-order valence-corrected chi connectivity index (χ3v) is 8.61. The summed E-state index contributed by atoms with van der Waals surface area (Å²) in [6, 6.07) is 32.9. The number of aromatic nitrogens is 8. The number of fused-ring (bicyclic) bond motifs is 4. The average molecular weight is 812 g/mol. The fraction of sp³-hybridized carbons (Fsp3) is 0.105. The van der Waals surface area contributed by atoms with Crippen LogP contribution in [0.1, 0.15) is 0 Å². The van der Waals surface area contributed by atoms with Crippen molar-refractivity contribution in [1.29, 1.82) is 0 Å². The quantitative estimate of drug-likeness (QED) is 0.172. The zero-order valence-electron chi connectivity index (χ0n) is 26.8. The van der Waals surface area contributed by atoms with Crippen molar-refractivity contribution in [2.45, 2.75) is 0 Å². The first kappa shape index (κ1) is 31.1. The topological polar surface area (TPSA) is 64.6 Å². The van der Waals surface area contributed by atoms with Gasteiger partial charge < -0.3 is 32.1 Å². The number of nitrogens with zero attached hydrogens (tertiary/aromatic N) is 8. The van der Waals surface area contributed by atoms with E-state index in [-0.39, 0.29) is 21.1 Å². The minimum atomic E-state index is 0. The molecule has 0 fully saturated rings. The third kappa shape index (κ3) is 5.17. The van der Waals surface area contributed by atoms with Crippen molar-refractivity contribution in [2.24, 2.45) is 28.2 Å². The molecule has 8 rings (SSSR count). The molecule has 240 valence electrons. The summed E-state index contributed by atoms with van der Waals surface area (Å²) in [6.07, 6.45) is 14.7. The van der Waals surface area contributed by atoms with Crippen molar-refractivity contribution < 1.29 is 25.8 Å². The zero-order chi connectivity index (χ0) is 32.1. The van der Waals surface area contributed by atoms with E-state index in [1.54, 1.807) is 12.4 Å². The van der Waals surface area contributed by atoms with Gasteiger partial charge in [-0.3, -0.25) is 9.97 Å². The van der Waals surface area contributed by atoms with Crippen LogP contribution in [-0.4, -0.2) is 37.4 Å². The van der Waals surface area contributed by atoms with Gasteiger partial charge in [0.2, 0.25) is 0 Å². The number of imidazole rings is 2. The molecular weight excluding hydrogens is 780 g/mol. The van der Waals surface area contributed by atoms with Gasteiger partial charge in [0, 0.05) is 75.0 Å². The van der Waals surface area contributed by atoms with Crippen LogP contribution in [0.15, 0.2) is 122 Å². The normalized spacial score (nSPS) is 11.2. The molecule has 0 atom stereocenters. The second kappa shape index (κ2) is 12.6. The maximum Gasteiger partial charge on any atom is 2.00 e. The van der Waals surface area contributed by atoms with Crippen LogP contribution in [0.5, 0.6) is 11.5 Å². The molecule has 4 aromatic carbocycles. The maximum absolute atomic E-state index is 7.12. The van der Waals surface area contributed by atoms with Crippen LogP contribution >= 0.6 is 0 Å². The van der Waals surface area contributed by atoms with E-state index in [4.69, 9.17) is 14.7 Å². The Hall–Kier alpha value is -5.53. The molecule has 8 aromatic rings. The van der Waals surface area contributed by atoms with Gasteiger partial charge >= 0.3 is 21.1 Å². The molecule has 10 heteroatoms. The number of hydrogen-bond acceptors (Lipinski definition) is 3. The van der Waals surface area contributed by atoms with E-state index < -0.39 is 0 Å². The Kier molecular flexibility index (Phi) is 8.15. The van der Waals surface area contributed by atoms with Crippen molar-refractivity contribution in [1.82, 2.24) is 37.4 Å². The molecule has 0 saturated heterocycles. The van der Waals surface area contributed by atoms with Crippen molar-refractivity contribution in [2.75, 3.05) is 0 Å². The number of ether oxygens (including phenoxy) is 1. The number of aryl methyl sites for hydroxylation is 4. The van der Waals surface area contributed by atoms with E-state index in [9.17, 15) is 0 Å². The molecule has 0 aliphatic heterocycles. The second-order valence-corrected chi connectivity index (χ2v) is 11.5. The average Bonchev–Trinajstić information content (AvgIpc) is 3.74. The predicted octanol–water partition coefficient (Wildman–Crippen LogP) is 7.66. The Bertz CT molecular complexity index is 2400. The molecule has 0 unspecified atom stereocenters. The number of benzene rings is 4. The predicted molar refractivity (Wildman–Crippen MR) is 186 cm³/mol. The standard InChI is InChI=1S/C38H32N8O.Pt/c1-41-23-21-39-37(41)45-25-35(27-13-5-7-15-29(27)43(3)31-17-9-11-19-33(31)45)47-36-26-46(38-40-22-24-42(38)2)34-20-12-10-18-32(34)44(4)30-16-8-6-14-28(30)36;/h5-24H,1-4H3;/q-2;+2. The van der Waals surface area contributed by atoms with E-state index in [1.807, 2.05) is 93.3 Å². The molecule has 9 nitrogen and oxygen atoms in total. The van der Waals surface area contributed by atoms with Crippen molar-refractivity contribution in [3.05, 3.63) is 134 Å². The van der Waals surface area contributed by atoms with Crippen molar-refractivity contribution >= 4 is 43.9 Å². The minimum absolute atomic E-state index is 0. The molecule has 4 aromatic heterocycles. The summed E-state index contributed by atoms with van der Waals surface area (Å²) in [4.78, 5) is 9.43. The first-order valence-electron chi connectivity index (χ1n) is 15.3. The molecule has 0 bridgehead atoms. The molecule has 0 saturated carbocycles. The number of hydrogen-bond donors (Lipinski definition) is 0. The molecule has 0 aliphatic rings. The summed E-state index contributed by atoms with van der Waals surface area (Å²) < 4.78 is 19.3. The van der Waals surface area contributed by atoms with Crippen LogP contribution in [0.25, 0.3) is 55.8 Å². The summed E-state index contributed by atoms with van der Waals surface area (Å²) in [5.41, 5.74) is 5.81. The monoisotopic (exact) mass is 811 g/mol. The van der Waals surface area contributed by atoms with Crippen LogP contribution in [0, 0.1) is 12.4 Å². The Morgan fingerprint density at radius 3 is 1.21 bits per heavy atom. The Labute approximate surface area is 291 Å². The smallest absolute Gasteiger partial charge is 0.492 e. The summed E-state index contributed by atoms with van der Waals surface area (Å²) in [5.74, 6) is 2.42. The fourth-order valence-electron chi connectivity index (χ4n) is 6.21. The first-order chi connectivity index (χ1) is 23.0. The Morgan fingerprint density at radius 2 is 0.833 bits per heavy atom. The number of rotatable bonds is 4. The molecule has 48 heavy (non-hydrogen) atoms. The molecular formula is C38H32N8OPt. The van der Waals surface area contributed by atoms with Crippen LogP contribution in [-0.2, 0) is 49.3 Å². The molecule has 0 N–H and O–H groups in total. The van der Waals surface area contributed by atoms with Gasteiger partial charge in [-0.05, 0) is 58.5 Å². The molecule has 0 spiro atoms. The van der Waals surface area contributed by atoms with E-state index in [1.165, 1.54) is 0 Å². The molecule has 0 amide bonds. The van der Waals surface area contributed by atoms with E-state index >= 15 is 0 Å². The van der Waals surface area contributed by atoms with Gasteiger partial charge in [-0.2, -0.15) is 0 Å². The summed E-state index contributed by atoms with van der Waals surface area (Å²) in [5, 5.41) is 1.74. The Balaban J connectivity index is 0.00000364. The van der Waals surface area contributed by atoms with Gasteiger partial charge in [-0.25, -0.2) is 0 Å². The largest absolute Gasteiger partial charge is 2.00 e. The van der Waals surface area contributed by atoms with Crippen molar-refractivity contribution in [3.8, 4) is 23.4 Å². The third-order valence-electron chi connectivity index (χ3n) is 8.61. The van der Waals surface area contributed by atoms with Gasteiger partial charge in [0.05, 0.1) is 11.5 Å². The van der Waals surface area contributed by atoms with E-state index in [2.05, 4.69) is 84.2 Å². The van der Waals surface area contributed by atoms with Crippen LogP contribution in [0.4, 0.5) is 0 Å². The van der Waals surface area contributed by atoms with Crippen molar-refractivity contribution in [3.63, 3.8) is 0 Å². The first-order valence-corrected chi connectivity index (χ1v) is 15.3. The summed E-state index contributed by atoms with van der Waals surface area (Å²) in [7, 11) is 8.09. The van der Waals surface area contributed by atoms with Crippen LogP contribution in [0.2, 0.25) is 0 Å². The minimum Gasteiger partial charge on any atom is -0.492 e. The van der Waals surface area contributed by atoms with Gasteiger partial charge in [-0.15, -0.1) is 0 Å². The zero-order valence-corrected chi connectivity index (χ0v) is 29.1. The van der Waals surface area contributed by atoms with Gasteiger partial charge in [0.1, 0.15) is 11.9 Å². The van der Waals surface area contributed by atoms with Gasteiger partial charge in [0.25, 0.3) is 0 Å². The Morgan fingerprint density at radius 1 is 0.479 bits per heavy atom. The van der Waals surface area contributed by atoms with Crippen LogP contribution < -0.4 is 4.74 Å². The van der Waals surface area contributed by atoms with Gasteiger partial charge in [-0.1, -0.05) is 72.8 Å². The summed E-state index contributed by atoms with van der Waals surface area (Å²) in [6.45, 7) is 0. The number of para-hydroxylation sites is 6. The second-order valence-electron chi connectivity index (χ2n) is 11.5. The van der Waals surface area contributed by atoms with Gasteiger partial charge in [0.15, 0.2) is 0 Å².